The highest BCUT2D eigenvalue weighted by Gasteiger charge is 2.11. The fourth-order valence-corrected chi connectivity index (χ4v) is 2.15. The lowest BCUT2D eigenvalue weighted by Crippen LogP contribution is -2.29. The van der Waals surface area contributed by atoms with Crippen molar-refractivity contribution in [2.75, 3.05) is 6.61 Å². The quantitative estimate of drug-likeness (QED) is 0.395. The third-order valence-corrected chi connectivity index (χ3v) is 3.39. The van der Waals surface area contributed by atoms with E-state index in [9.17, 15) is 4.79 Å². The van der Waals surface area contributed by atoms with Gasteiger partial charge in [-0.05, 0) is 18.1 Å². The molecule has 2 aromatic carbocycles. The molecule has 0 saturated carbocycles. The van der Waals surface area contributed by atoms with Crippen LogP contribution < -0.4 is 0 Å². The fraction of sp³-hybridized carbons (Fsp3) is 0.136. The number of hydrogen-bond donors (Lipinski definition) is 0. The summed E-state index contributed by atoms with van der Waals surface area (Å²) < 4.78 is 0. The molecule has 0 bridgehead atoms. The number of rotatable bonds is 8. The smallest absolute Gasteiger partial charge is 0.267 e. The van der Waals surface area contributed by atoms with Crippen molar-refractivity contribution >= 4 is 12.0 Å². The zero-order valence-electron chi connectivity index (χ0n) is 14.4. The average molecular weight is 333 g/mol. The van der Waals surface area contributed by atoms with Crippen LogP contribution in [0.2, 0.25) is 0 Å². The van der Waals surface area contributed by atoms with Gasteiger partial charge in [-0.2, -0.15) is 0 Å². The van der Waals surface area contributed by atoms with Crippen molar-refractivity contribution in [3.63, 3.8) is 0 Å². The Morgan fingerprint density at radius 2 is 1.68 bits per heavy atom. The second-order valence-corrected chi connectivity index (χ2v) is 5.35. The molecular weight excluding hydrogens is 310 g/mol. The van der Waals surface area contributed by atoms with Crippen LogP contribution in [0.1, 0.15) is 18.1 Å². The van der Waals surface area contributed by atoms with Crippen molar-refractivity contribution < 1.29 is 9.63 Å². The first-order chi connectivity index (χ1) is 12.3. The van der Waals surface area contributed by atoms with Crippen molar-refractivity contribution in [1.82, 2.24) is 5.06 Å². The maximum atomic E-state index is 12.3. The number of allylic oxidation sites excluding steroid dienone is 3. The van der Waals surface area contributed by atoms with Crippen LogP contribution in [0.15, 0.2) is 91.0 Å². The van der Waals surface area contributed by atoms with E-state index < -0.39 is 0 Å². The Hall–Kier alpha value is -2.91. The topological polar surface area (TPSA) is 29.5 Å². The van der Waals surface area contributed by atoms with Crippen molar-refractivity contribution in [2.45, 2.75) is 13.5 Å². The van der Waals surface area contributed by atoms with Gasteiger partial charge in [0.1, 0.15) is 0 Å². The van der Waals surface area contributed by atoms with Crippen LogP contribution in [0.4, 0.5) is 0 Å². The highest BCUT2D eigenvalue weighted by atomic mass is 16.7. The van der Waals surface area contributed by atoms with Crippen LogP contribution in [-0.2, 0) is 16.2 Å². The molecule has 25 heavy (non-hydrogen) atoms. The first-order valence-electron chi connectivity index (χ1n) is 8.29. The normalized spacial score (nSPS) is 11.6. The van der Waals surface area contributed by atoms with Crippen LogP contribution in [0.25, 0.3) is 6.08 Å². The van der Waals surface area contributed by atoms with Gasteiger partial charge in [0.2, 0.25) is 0 Å². The Morgan fingerprint density at radius 1 is 1.00 bits per heavy atom. The highest BCUT2D eigenvalue weighted by molar-refractivity contribution is 5.87. The largest absolute Gasteiger partial charge is 0.270 e. The van der Waals surface area contributed by atoms with Gasteiger partial charge in [0.15, 0.2) is 0 Å². The SMILES string of the molecule is C/C=C/C=C/C(=O)N(Cc1ccccc1)OC/C=C/c1ccccc1. The van der Waals surface area contributed by atoms with Crippen LogP contribution >= 0.6 is 0 Å². The van der Waals surface area contributed by atoms with Gasteiger partial charge in [-0.3, -0.25) is 9.63 Å². The van der Waals surface area contributed by atoms with E-state index in [1.54, 1.807) is 6.08 Å². The number of nitrogens with zero attached hydrogens (tertiary/aromatic N) is 1. The van der Waals surface area contributed by atoms with E-state index in [1.165, 1.54) is 11.1 Å². The van der Waals surface area contributed by atoms with E-state index in [0.29, 0.717) is 13.2 Å². The molecule has 0 radical (unpaired) electrons. The molecule has 0 unspecified atom stereocenters. The predicted octanol–water partition coefficient (Wildman–Crippen LogP) is 4.79. The molecule has 3 nitrogen and oxygen atoms in total. The van der Waals surface area contributed by atoms with E-state index in [0.717, 1.165) is 11.1 Å². The van der Waals surface area contributed by atoms with E-state index in [-0.39, 0.29) is 5.91 Å². The minimum Gasteiger partial charge on any atom is -0.267 e. The van der Waals surface area contributed by atoms with E-state index in [4.69, 9.17) is 4.84 Å². The van der Waals surface area contributed by atoms with Crippen LogP contribution in [0.5, 0.6) is 0 Å². The number of hydrogen-bond acceptors (Lipinski definition) is 2. The first kappa shape index (κ1) is 18.4. The molecule has 0 spiro atoms. The number of carbonyl (C=O) groups is 1. The highest BCUT2D eigenvalue weighted by Crippen LogP contribution is 2.07. The molecule has 0 atom stereocenters. The lowest BCUT2D eigenvalue weighted by atomic mass is 10.2. The summed E-state index contributed by atoms with van der Waals surface area (Å²) in [6, 6.07) is 19.8. The fourth-order valence-electron chi connectivity index (χ4n) is 2.15. The third-order valence-electron chi connectivity index (χ3n) is 3.39. The Morgan fingerprint density at radius 3 is 2.36 bits per heavy atom. The Kier molecular flexibility index (Phi) is 7.95. The molecule has 0 N–H and O–H groups in total. The molecule has 128 valence electrons. The molecule has 0 saturated heterocycles. The minimum absolute atomic E-state index is 0.185. The van der Waals surface area contributed by atoms with Crippen LogP contribution in [0, 0.1) is 0 Å². The monoisotopic (exact) mass is 333 g/mol. The van der Waals surface area contributed by atoms with Crippen molar-refractivity contribution in [3.8, 4) is 0 Å². The van der Waals surface area contributed by atoms with Crippen molar-refractivity contribution in [2.24, 2.45) is 0 Å². The number of carbonyl (C=O) groups excluding carboxylic acids is 1. The van der Waals surface area contributed by atoms with Crippen molar-refractivity contribution in [1.29, 1.82) is 0 Å². The number of amides is 1. The molecule has 2 aromatic rings. The van der Waals surface area contributed by atoms with Crippen molar-refractivity contribution in [3.05, 3.63) is 102 Å². The van der Waals surface area contributed by atoms with Crippen LogP contribution in [0.3, 0.4) is 0 Å². The average Bonchev–Trinajstić information content (AvgIpc) is 2.66. The molecule has 3 heteroatoms. The summed E-state index contributed by atoms with van der Waals surface area (Å²) in [5.41, 5.74) is 2.11. The molecule has 0 fully saturated rings. The summed E-state index contributed by atoms with van der Waals surface area (Å²) in [4.78, 5) is 18.0. The summed E-state index contributed by atoms with van der Waals surface area (Å²) in [5, 5.41) is 1.38. The Labute approximate surface area is 149 Å². The molecule has 2 rings (SSSR count). The van der Waals surface area contributed by atoms with Crippen LogP contribution in [-0.4, -0.2) is 17.6 Å². The second-order valence-electron chi connectivity index (χ2n) is 5.35. The molecule has 0 aliphatic heterocycles. The standard InChI is InChI=1S/C22H23NO2/c1-2-3-6-17-22(24)23(19-21-14-9-5-10-15-21)25-18-11-16-20-12-7-4-8-13-20/h2-17H,18-19H2,1H3/b3-2+,16-11+,17-6+. The zero-order chi connectivity index (χ0) is 17.7. The van der Waals surface area contributed by atoms with Gasteiger partial charge in [0.05, 0.1) is 13.2 Å². The Balaban J connectivity index is 1.98. The minimum atomic E-state index is -0.185. The molecule has 0 aliphatic carbocycles. The first-order valence-corrected chi connectivity index (χ1v) is 8.29. The Bertz CT molecular complexity index is 718. The van der Waals surface area contributed by atoms with E-state index in [2.05, 4.69) is 0 Å². The third kappa shape index (κ3) is 7.02. The number of benzene rings is 2. The lowest BCUT2D eigenvalue weighted by molar-refractivity contribution is -0.180. The molecule has 0 aliphatic rings. The second kappa shape index (κ2) is 10.8. The van der Waals surface area contributed by atoms with Gasteiger partial charge in [0.25, 0.3) is 5.91 Å². The van der Waals surface area contributed by atoms with Gasteiger partial charge >= 0.3 is 0 Å². The van der Waals surface area contributed by atoms with Gasteiger partial charge in [-0.1, -0.05) is 91.0 Å². The summed E-state index contributed by atoms with van der Waals surface area (Å²) in [5.74, 6) is -0.185. The van der Waals surface area contributed by atoms with E-state index in [1.807, 2.05) is 91.9 Å². The van der Waals surface area contributed by atoms with Gasteiger partial charge < -0.3 is 0 Å². The molecule has 0 heterocycles. The summed E-state index contributed by atoms with van der Waals surface area (Å²) >= 11 is 0. The van der Waals surface area contributed by atoms with E-state index >= 15 is 0 Å². The molecule has 1 amide bonds. The molecular formula is C22H23NO2. The predicted molar refractivity (Wildman–Crippen MR) is 102 cm³/mol. The van der Waals surface area contributed by atoms with Gasteiger partial charge in [-0.15, -0.1) is 0 Å². The maximum Gasteiger partial charge on any atom is 0.270 e. The van der Waals surface area contributed by atoms with Gasteiger partial charge in [-0.25, -0.2) is 5.06 Å². The summed E-state index contributed by atoms with van der Waals surface area (Å²) in [6.07, 6.45) is 10.8. The zero-order valence-corrected chi connectivity index (χ0v) is 14.4. The number of hydroxylamine groups is 2. The maximum absolute atomic E-state index is 12.3. The summed E-state index contributed by atoms with van der Waals surface area (Å²) in [6.45, 7) is 2.63. The molecule has 0 aromatic heterocycles. The summed E-state index contributed by atoms with van der Waals surface area (Å²) in [7, 11) is 0. The lowest BCUT2D eigenvalue weighted by Gasteiger charge is -2.19. The van der Waals surface area contributed by atoms with Gasteiger partial charge in [0, 0.05) is 6.08 Å².